The summed E-state index contributed by atoms with van der Waals surface area (Å²) in [4.78, 5) is 22.3. The number of ketones is 1. The molecule has 0 atom stereocenters. The number of aromatic carboxylic acids is 1. The third-order valence-electron chi connectivity index (χ3n) is 2.07. The first-order valence-electron chi connectivity index (χ1n) is 4.55. The van der Waals surface area contributed by atoms with Crippen LogP contribution in [0.15, 0.2) is 18.2 Å². The van der Waals surface area contributed by atoms with Crippen LogP contribution in [0.2, 0.25) is 0 Å². The Labute approximate surface area is 87.5 Å². The summed E-state index contributed by atoms with van der Waals surface area (Å²) in [5.41, 5.74) is 0.330. The Morgan fingerprint density at radius 1 is 1.33 bits per heavy atom. The summed E-state index contributed by atoms with van der Waals surface area (Å²) in [6.07, 6.45) is 0.319. The molecule has 0 saturated carbocycles. The van der Waals surface area contributed by atoms with E-state index in [4.69, 9.17) is 9.84 Å². The topological polar surface area (TPSA) is 63.6 Å². The van der Waals surface area contributed by atoms with Gasteiger partial charge in [-0.1, -0.05) is 13.0 Å². The maximum atomic E-state index is 11.5. The maximum absolute atomic E-state index is 11.5. The fourth-order valence-corrected chi connectivity index (χ4v) is 1.34. The monoisotopic (exact) mass is 208 g/mol. The van der Waals surface area contributed by atoms with E-state index < -0.39 is 5.97 Å². The van der Waals surface area contributed by atoms with Gasteiger partial charge in [-0.2, -0.15) is 0 Å². The fraction of sp³-hybridized carbons (Fsp3) is 0.273. The molecule has 0 aliphatic carbocycles. The van der Waals surface area contributed by atoms with E-state index in [-0.39, 0.29) is 17.1 Å². The van der Waals surface area contributed by atoms with Crippen LogP contribution in [0, 0.1) is 0 Å². The Morgan fingerprint density at radius 2 is 1.93 bits per heavy atom. The Bertz CT molecular complexity index is 396. The number of para-hydroxylation sites is 1. The van der Waals surface area contributed by atoms with E-state index in [1.165, 1.54) is 19.2 Å². The second kappa shape index (κ2) is 4.59. The van der Waals surface area contributed by atoms with E-state index in [1.807, 2.05) is 0 Å². The average Bonchev–Trinajstić information content (AvgIpc) is 2.26. The molecule has 4 nitrogen and oxygen atoms in total. The van der Waals surface area contributed by atoms with Gasteiger partial charge in [0.05, 0.1) is 12.7 Å². The molecular formula is C11H12O4. The van der Waals surface area contributed by atoms with Crippen LogP contribution < -0.4 is 4.74 Å². The van der Waals surface area contributed by atoms with Crippen molar-refractivity contribution < 1.29 is 19.4 Å². The highest BCUT2D eigenvalue weighted by Crippen LogP contribution is 2.24. The van der Waals surface area contributed by atoms with Gasteiger partial charge < -0.3 is 9.84 Å². The highest BCUT2D eigenvalue weighted by Gasteiger charge is 2.17. The van der Waals surface area contributed by atoms with Crippen LogP contribution in [0.1, 0.15) is 34.1 Å². The van der Waals surface area contributed by atoms with Gasteiger partial charge in [-0.05, 0) is 12.1 Å². The van der Waals surface area contributed by atoms with E-state index in [0.29, 0.717) is 12.0 Å². The molecule has 1 N–H and O–H groups in total. The molecule has 0 aromatic heterocycles. The summed E-state index contributed by atoms with van der Waals surface area (Å²) in [5, 5.41) is 8.88. The van der Waals surface area contributed by atoms with Crippen LogP contribution in [0.5, 0.6) is 5.75 Å². The predicted molar refractivity (Wildman–Crippen MR) is 54.6 cm³/mol. The van der Waals surface area contributed by atoms with Crippen molar-refractivity contribution in [3.05, 3.63) is 29.3 Å². The number of benzene rings is 1. The van der Waals surface area contributed by atoms with Crippen molar-refractivity contribution in [1.82, 2.24) is 0 Å². The van der Waals surface area contributed by atoms with Gasteiger partial charge in [-0.25, -0.2) is 4.79 Å². The van der Waals surface area contributed by atoms with Crippen molar-refractivity contribution in [1.29, 1.82) is 0 Å². The molecule has 4 heteroatoms. The standard InChI is InChI=1S/C11H12O4/c1-3-9(12)7-5-4-6-8(11(13)14)10(7)15-2/h4-6H,3H2,1-2H3,(H,13,14). The molecule has 0 spiro atoms. The number of hydrogen-bond donors (Lipinski definition) is 1. The molecule has 0 bridgehead atoms. The highest BCUT2D eigenvalue weighted by molar-refractivity contribution is 6.02. The molecule has 0 unspecified atom stereocenters. The Balaban J connectivity index is 3.34. The van der Waals surface area contributed by atoms with Gasteiger partial charge in [0.15, 0.2) is 5.78 Å². The van der Waals surface area contributed by atoms with E-state index in [0.717, 1.165) is 0 Å². The minimum absolute atomic E-state index is 0.0109. The normalized spacial score (nSPS) is 9.73. The smallest absolute Gasteiger partial charge is 0.339 e. The number of carbonyl (C=O) groups excluding carboxylic acids is 1. The zero-order chi connectivity index (χ0) is 11.4. The number of rotatable bonds is 4. The van der Waals surface area contributed by atoms with E-state index in [9.17, 15) is 9.59 Å². The second-order valence-corrected chi connectivity index (χ2v) is 2.97. The number of hydrogen-bond acceptors (Lipinski definition) is 3. The number of carboxylic acids is 1. The lowest BCUT2D eigenvalue weighted by atomic mass is 10.0. The Morgan fingerprint density at radius 3 is 2.40 bits per heavy atom. The van der Waals surface area contributed by atoms with Crippen molar-refractivity contribution in [3.63, 3.8) is 0 Å². The first-order chi connectivity index (χ1) is 7.11. The molecule has 0 amide bonds. The average molecular weight is 208 g/mol. The van der Waals surface area contributed by atoms with Gasteiger partial charge in [0.1, 0.15) is 11.3 Å². The lowest BCUT2D eigenvalue weighted by Crippen LogP contribution is -2.06. The molecular weight excluding hydrogens is 196 g/mol. The lowest BCUT2D eigenvalue weighted by molar-refractivity contribution is 0.0693. The van der Waals surface area contributed by atoms with Gasteiger partial charge in [0.25, 0.3) is 0 Å². The summed E-state index contributed by atoms with van der Waals surface area (Å²) in [6.45, 7) is 1.72. The van der Waals surface area contributed by atoms with Crippen molar-refractivity contribution in [2.24, 2.45) is 0 Å². The number of methoxy groups -OCH3 is 1. The largest absolute Gasteiger partial charge is 0.495 e. The van der Waals surface area contributed by atoms with Crippen LogP contribution in [0.4, 0.5) is 0 Å². The van der Waals surface area contributed by atoms with Crippen LogP contribution in [0.3, 0.4) is 0 Å². The Kier molecular flexibility index (Phi) is 3.44. The van der Waals surface area contributed by atoms with Gasteiger partial charge >= 0.3 is 5.97 Å². The molecule has 1 aromatic carbocycles. The van der Waals surface area contributed by atoms with Gasteiger partial charge in [-0.15, -0.1) is 0 Å². The summed E-state index contributed by atoms with van der Waals surface area (Å²) >= 11 is 0. The summed E-state index contributed by atoms with van der Waals surface area (Å²) in [5.74, 6) is -1.09. The molecule has 0 fully saturated rings. The molecule has 0 radical (unpaired) electrons. The summed E-state index contributed by atoms with van der Waals surface area (Å²) < 4.78 is 4.96. The molecule has 1 aromatic rings. The van der Waals surface area contributed by atoms with Crippen LogP contribution in [0.25, 0.3) is 0 Å². The third-order valence-corrected chi connectivity index (χ3v) is 2.07. The molecule has 0 aliphatic heterocycles. The first-order valence-corrected chi connectivity index (χ1v) is 4.55. The second-order valence-electron chi connectivity index (χ2n) is 2.97. The minimum atomic E-state index is -1.10. The van der Waals surface area contributed by atoms with Gasteiger partial charge in [0.2, 0.25) is 0 Å². The van der Waals surface area contributed by atoms with Gasteiger partial charge in [0, 0.05) is 6.42 Å². The van der Waals surface area contributed by atoms with Crippen molar-refractivity contribution >= 4 is 11.8 Å². The zero-order valence-corrected chi connectivity index (χ0v) is 8.61. The minimum Gasteiger partial charge on any atom is -0.495 e. The van der Waals surface area contributed by atoms with Crippen molar-refractivity contribution in [2.75, 3.05) is 7.11 Å². The number of Topliss-reactive ketones (excluding diaryl/α,β-unsaturated/α-hetero) is 1. The summed E-state index contributed by atoms with van der Waals surface area (Å²) in [6, 6.07) is 4.51. The number of carbonyl (C=O) groups is 2. The van der Waals surface area contributed by atoms with Crippen LogP contribution in [-0.2, 0) is 0 Å². The quantitative estimate of drug-likeness (QED) is 0.768. The molecule has 0 aliphatic rings. The highest BCUT2D eigenvalue weighted by atomic mass is 16.5. The predicted octanol–water partition coefficient (Wildman–Crippen LogP) is 1.99. The maximum Gasteiger partial charge on any atom is 0.339 e. The molecule has 0 heterocycles. The number of ether oxygens (including phenoxy) is 1. The molecule has 80 valence electrons. The van der Waals surface area contributed by atoms with Crippen LogP contribution >= 0.6 is 0 Å². The summed E-state index contributed by atoms with van der Waals surface area (Å²) in [7, 11) is 1.36. The Hall–Kier alpha value is -1.84. The molecule has 0 saturated heterocycles. The van der Waals surface area contributed by atoms with Crippen LogP contribution in [-0.4, -0.2) is 24.0 Å². The number of carboxylic acid groups (broad SMARTS) is 1. The zero-order valence-electron chi connectivity index (χ0n) is 8.61. The van der Waals surface area contributed by atoms with E-state index >= 15 is 0 Å². The lowest BCUT2D eigenvalue weighted by Gasteiger charge is -2.09. The van der Waals surface area contributed by atoms with Crippen molar-refractivity contribution in [3.8, 4) is 5.75 Å². The molecule has 1 rings (SSSR count). The third kappa shape index (κ3) is 2.15. The van der Waals surface area contributed by atoms with E-state index in [1.54, 1.807) is 13.0 Å². The molecule has 15 heavy (non-hydrogen) atoms. The SMILES string of the molecule is CCC(=O)c1cccc(C(=O)O)c1OC. The first kappa shape index (κ1) is 11.2. The fourth-order valence-electron chi connectivity index (χ4n) is 1.34. The van der Waals surface area contributed by atoms with Crippen molar-refractivity contribution in [2.45, 2.75) is 13.3 Å². The van der Waals surface area contributed by atoms with Gasteiger partial charge in [-0.3, -0.25) is 4.79 Å². The van der Waals surface area contributed by atoms with E-state index in [2.05, 4.69) is 0 Å².